The smallest absolute Gasteiger partial charge is 0.0274 e. The molecule has 0 heterocycles. The van der Waals surface area contributed by atoms with Crippen molar-refractivity contribution in [2.45, 2.75) is 85.7 Å². The quantitative estimate of drug-likeness (QED) is 0.714. The van der Waals surface area contributed by atoms with Crippen LogP contribution in [0.3, 0.4) is 0 Å². The fourth-order valence-electron chi connectivity index (χ4n) is 3.74. The summed E-state index contributed by atoms with van der Waals surface area (Å²) in [5.41, 5.74) is 0.432. The Balaban J connectivity index is 2.79. The minimum atomic E-state index is 0.432. The van der Waals surface area contributed by atoms with Gasteiger partial charge < -0.3 is 5.32 Å². The SMILES string of the molecule is CCCNC1C(N(CC)CC(C)CC)CCCC1(C)C. The Kier molecular flexibility index (Phi) is 7.53. The molecule has 0 aliphatic heterocycles. The van der Waals surface area contributed by atoms with Gasteiger partial charge in [0.25, 0.3) is 0 Å². The number of hydrogen-bond acceptors (Lipinski definition) is 2. The predicted octanol–water partition coefficient (Wildman–Crippen LogP) is 4.30. The molecule has 0 bridgehead atoms. The monoisotopic (exact) mass is 282 g/mol. The van der Waals surface area contributed by atoms with Gasteiger partial charge in [0.1, 0.15) is 0 Å². The van der Waals surface area contributed by atoms with Gasteiger partial charge in [-0.25, -0.2) is 0 Å². The van der Waals surface area contributed by atoms with Gasteiger partial charge in [-0.2, -0.15) is 0 Å². The van der Waals surface area contributed by atoms with E-state index in [0.29, 0.717) is 11.5 Å². The van der Waals surface area contributed by atoms with Gasteiger partial charge in [0.15, 0.2) is 0 Å². The Morgan fingerprint density at radius 1 is 1.25 bits per heavy atom. The minimum absolute atomic E-state index is 0.432. The highest BCUT2D eigenvalue weighted by atomic mass is 15.2. The third-order valence-electron chi connectivity index (χ3n) is 5.28. The Bertz CT molecular complexity index is 262. The summed E-state index contributed by atoms with van der Waals surface area (Å²) in [5, 5.41) is 3.88. The second kappa shape index (κ2) is 8.38. The van der Waals surface area contributed by atoms with Crippen LogP contribution in [0.15, 0.2) is 0 Å². The Morgan fingerprint density at radius 3 is 2.50 bits per heavy atom. The van der Waals surface area contributed by atoms with Gasteiger partial charge in [-0.1, -0.05) is 54.4 Å². The summed E-state index contributed by atoms with van der Waals surface area (Å²) in [6, 6.07) is 1.38. The second-order valence-corrected chi connectivity index (χ2v) is 7.48. The van der Waals surface area contributed by atoms with Crippen molar-refractivity contribution < 1.29 is 0 Å². The summed E-state index contributed by atoms with van der Waals surface area (Å²) < 4.78 is 0. The lowest BCUT2D eigenvalue weighted by atomic mass is 9.70. The van der Waals surface area contributed by atoms with E-state index in [9.17, 15) is 0 Å². The maximum Gasteiger partial charge on any atom is 0.0274 e. The van der Waals surface area contributed by atoms with Gasteiger partial charge in [-0.05, 0) is 43.7 Å². The van der Waals surface area contributed by atoms with E-state index < -0.39 is 0 Å². The number of nitrogens with zero attached hydrogens (tertiary/aromatic N) is 1. The molecule has 0 aromatic heterocycles. The molecule has 0 spiro atoms. The molecule has 1 aliphatic carbocycles. The first-order valence-corrected chi connectivity index (χ1v) is 8.93. The van der Waals surface area contributed by atoms with Gasteiger partial charge in [0.05, 0.1) is 0 Å². The Morgan fingerprint density at radius 2 is 1.95 bits per heavy atom. The zero-order chi connectivity index (χ0) is 15.2. The second-order valence-electron chi connectivity index (χ2n) is 7.48. The molecule has 1 saturated carbocycles. The molecule has 3 atom stereocenters. The highest BCUT2D eigenvalue weighted by Gasteiger charge is 2.40. The summed E-state index contributed by atoms with van der Waals surface area (Å²) in [7, 11) is 0. The first kappa shape index (κ1) is 18.0. The maximum absolute atomic E-state index is 3.88. The lowest BCUT2D eigenvalue weighted by molar-refractivity contribution is 0.0433. The summed E-state index contributed by atoms with van der Waals surface area (Å²) in [4.78, 5) is 2.75. The third kappa shape index (κ3) is 4.73. The van der Waals surface area contributed by atoms with Crippen molar-refractivity contribution in [3.63, 3.8) is 0 Å². The first-order valence-electron chi connectivity index (χ1n) is 8.93. The van der Waals surface area contributed by atoms with E-state index in [4.69, 9.17) is 0 Å². The molecular weight excluding hydrogens is 244 g/mol. The molecule has 0 aromatic rings. The number of likely N-dealkylation sites (N-methyl/N-ethyl adjacent to an activating group) is 1. The molecule has 0 aromatic carbocycles. The van der Waals surface area contributed by atoms with E-state index in [1.165, 1.54) is 45.2 Å². The van der Waals surface area contributed by atoms with Crippen LogP contribution in [0.2, 0.25) is 0 Å². The highest BCUT2D eigenvalue weighted by Crippen LogP contribution is 2.38. The molecule has 2 heteroatoms. The number of hydrogen-bond donors (Lipinski definition) is 1. The van der Waals surface area contributed by atoms with Crippen molar-refractivity contribution in [1.29, 1.82) is 0 Å². The maximum atomic E-state index is 3.88. The van der Waals surface area contributed by atoms with Gasteiger partial charge in [-0.3, -0.25) is 4.90 Å². The van der Waals surface area contributed by atoms with Gasteiger partial charge in [0, 0.05) is 18.6 Å². The van der Waals surface area contributed by atoms with Crippen molar-refractivity contribution in [1.82, 2.24) is 10.2 Å². The lowest BCUT2D eigenvalue weighted by Crippen LogP contribution is -2.59. The summed E-state index contributed by atoms with van der Waals surface area (Å²) >= 11 is 0. The van der Waals surface area contributed by atoms with Crippen molar-refractivity contribution in [3.05, 3.63) is 0 Å². The van der Waals surface area contributed by atoms with Gasteiger partial charge >= 0.3 is 0 Å². The van der Waals surface area contributed by atoms with Crippen LogP contribution in [-0.2, 0) is 0 Å². The molecule has 2 nitrogen and oxygen atoms in total. The molecule has 1 N–H and O–H groups in total. The van der Waals surface area contributed by atoms with E-state index in [1.807, 2.05) is 0 Å². The molecule has 120 valence electrons. The van der Waals surface area contributed by atoms with Crippen LogP contribution in [0.1, 0.15) is 73.6 Å². The third-order valence-corrected chi connectivity index (χ3v) is 5.28. The largest absolute Gasteiger partial charge is 0.312 e. The summed E-state index contributed by atoms with van der Waals surface area (Å²) in [6.07, 6.45) is 6.65. The molecule has 0 radical (unpaired) electrons. The molecule has 3 unspecified atom stereocenters. The minimum Gasteiger partial charge on any atom is -0.312 e. The van der Waals surface area contributed by atoms with Crippen LogP contribution in [0.5, 0.6) is 0 Å². The number of rotatable bonds is 8. The van der Waals surface area contributed by atoms with Crippen molar-refractivity contribution in [3.8, 4) is 0 Å². The summed E-state index contributed by atoms with van der Waals surface area (Å²) in [5.74, 6) is 0.812. The van der Waals surface area contributed by atoms with Crippen LogP contribution >= 0.6 is 0 Å². The van der Waals surface area contributed by atoms with Crippen molar-refractivity contribution in [2.24, 2.45) is 11.3 Å². The van der Waals surface area contributed by atoms with Gasteiger partial charge in [0.2, 0.25) is 0 Å². The number of nitrogens with one attached hydrogen (secondary N) is 1. The average molecular weight is 283 g/mol. The molecule has 0 saturated heterocycles. The molecule has 1 rings (SSSR count). The van der Waals surface area contributed by atoms with E-state index in [1.54, 1.807) is 0 Å². The van der Waals surface area contributed by atoms with E-state index in [-0.39, 0.29) is 0 Å². The predicted molar refractivity (Wildman–Crippen MR) is 90.2 cm³/mol. The average Bonchev–Trinajstić information content (AvgIpc) is 2.42. The van der Waals surface area contributed by atoms with Crippen LogP contribution in [0.25, 0.3) is 0 Å². The van der Waals surface area contributed by atoms with Crippen LogP contribution < -0.4 is 5.32 Å². The molecule has 20 heavy (non-hydrogen) atoms. The Labute approximate surface area is 127 Å². The molecule has 0 amide bonds. The zero-order valence-corrected chi connectivity index (χ0v) is 14.8. The van der Waals surface area contributed by atoms with Crippen LogP contribution in [0.4, 0.5) is 0 Å². The standard InChI is InChI=1S/C18H38N2/c1-7-13-19-17-16(11-10-12-18(17,5)6)20(9-3)14-15(4)8-2/h15-17,19H,7-14H2,1-6H3. The van der Waals surface area contributed by atoms with Crippen LogP contribution in [0, 0.1) is 11.3 Å². The van der Waals surface area contributed by atoms with E-state index in [0.717, 1.165) is 18.5 Å². The van der Waals surface area contributed by atoms with Crippen LogP contribution in [-0.4, -0.2) is 36.6 Å². The normalized spacial score (nSPS) is 27.8. The topological polar surface area (TPSA) is 15.3 Å². The van der Waals surface area contributed by atoms with Crippen molar-refractivity contribution in [2.75, 3.05) is 19.6 Å². The fourth-order valence-corrected chi connectivity index (χ4v) is 3.74. The Hall–Kier alpha value is -0.0800. The zero-order valence-electron chi connectivity index (χ0n) is 14.8. The summed E-state index contributed by atoms with van der Waals surface area (Å²) in [6.45, 7) is 17.8. The van der Waals surface area contributed by atoms with E-state index >= 15 is 0 Å². The fraction of sp³-hybridized carbons (Fsp3) is 1.00. The highest BCUT2D eigenvalue weighted by molar-refractivity contribution is 4.98. The molecule has 1 aliphatic rings. The first-order chi connectivity index (χ1) is 9.46. The molecular formula is C18H38N2. The van der Waals surface area contributed by atoms with Crippen molar-refractivity contribution >= 4 is 0 Å². The van der Waals surface area contributed by atoms with Gasteiger partial charge in [-0.15, -0.1) is 0 Å². The lowest BCUT2D eigenvalue weighted by Gasteiger charge is -2.49. The van der Waals surface area contributed by atoms with E-state index in [2.05, 4.69) is 51.8 Å². The molecule has 1 fully saturated rings.